The number of aliphatic hydroxyl groups is 1. The molecule has 2 aromatic rings. The Hall–Kier alpha value is -2.20. The lowest BCUT2D eigenvalue weighted by Gasteiger charge is -2.27. The monoisotopic (exact) mass is 310 g/mol. The number of hydrogen-bond acceptors (Lipinski definition) is 3. The Morgan fingerprint density at radius 2 is 2.00 bits per heavy atom. The predicted octanol–water partition coefficient (Wildman–Crippen LogP) is 3.01. The van der Waals surface area contributed by atoms with Gasteiger partial charge in [0.15, 0.2) is 0 Å². The molecule has 0 spiro atoms. The van der Waals surface area contributed by atoms with Crippen molar-refractivity contribution in [3.63, 3.8) is 0 Å². The summed E-state index contributed by atoms with van der Waals surface area (Å²) in [7, 11) is 1.73. The van der Waals surface area contributed by atoms with Gasteiger partial charge in [0, 0.05) is 25.1 Å². The molecule has 3 rings (SSSR count). The fourth-order valence-corrected chi connectivity index (χ4v) is 3.17. The number of nitrogens with zero attached hydrogens (tertiary/aromatic N) is 2. The van der Waals surface area contributed by atoms with E-state index in [1.54, 1.807) is 18.0 Å². The molecule has 4 heteroatoms. The lowest BCUT2D eigenvalue weighted by Crippen LogP contribution is -2.41. The van der Waals surface area contributed by atoms with Crippen molar-refractivity contribution in [3.8, 4) is 0 Å². The first-order valence-corrected chi connectivity index (χ1v) is 8.07. The summed E-state index contributed by atoms with van der Waals surface area (Å²) < 4.78 is 0. The van der Waals surface area contributed by atoms with Crippen molar-refractivity contribution in [1.82, 2.24) is 9.88 Å². The smallest absolute Gasteiger partial charge is 0.246 e. The van der Waals surface area contributed by atoms with Gasteiger partial charge in [-0.2, -0.15) is 0 Å². The van der Waals surface area contributed by atoms with Crippen LogP contribution in [0.4, 0.5) is 0 Å². The zero-order valence-electron chi connectivity index (χ0n) is 13.4. The molecule has 1 aromatic heterocycles. The Balaban J connectivity index is 1.66. The number of carbonyl (C=O) groups is 1. The molecule has 0 unspecified atom stereocenters. The first-order chi connectivity index (χ1) is 11.1. The lowest BCUT2D eigenvalue weighted by atomic mass is 10.0. The maximum absolute atomic E-state index is 12.2. The van der Waals surface area contributed by atoms with Crippen LogP contribution in [0.25, 0.3) is 17.0 Å². The summed E-state index contributed by atoms with van der Waals surface area (Å²) in [5, 5.41) is 11.5. The maximum atomic E-state index is 12.2. The zero-order valence-corrected chi connectivity index (χ0v) is 13.4. The van der Waals surface area contributed by atoms with Crippen LogP contribution in [0.5, 0.6) is 0 Å². The number of rotatable bonds is 4. The van der Waals surface area contributed by atoms with Crippen LogP contribution >= 0.6 is 0 Å². The van der Waals surface area contributed by atoms with Crippen LogP contribution in [0.2, 0.25) is 0 Å². The molecule has 1 saturated carbocycles. The minimum atomic E-state index is -0.709. The molecule has 1 N–H and O–H groups in total. The van der Waals surface area contributed by atoms with E-state index in [0.29, 0.717) is 6.54 Å². The molecule has 1 aliphatic rings. The largest absolute Gasteiger partial charge is 0.388 e. The second-order valence-corrected chi connectivity index (χ2v) is 6.39. The van der Waals surface area contributed by atoms with Crippen molar-refractivity contribution in [2.45, 2.75) is 31.3 Å². The number of carbonyl (C=O) groups excluding carboxylic acids is 1. The quantitative estimate of drug-likeness (QED) is 0.883. The van der Waals surface area contributed by atoms with Crippen molar-refractivity contribution in [3.05, 3.63) is 48.2 Å². The summed E-state index contributed by atoms with van der Waals surface area (Å²) >= 11 is 0. The SMILES string of the molecule is CN(CC1(O)CCCC1)C(=O)/C=C/c1ccc2ccccc2n1. The fraction of sp³-hybridized carbons (Fsp3) is 0.368. The van der Waals surface area contributed by atoms with Gasteiger partial charge in [0.2, 0.25) is 5.91 Å². The van der Waals surface area contributed by atoms with E-state index >= 15 is 0 Å². The average molecular weight is 310 g/mol. The van der Waals surface area contributed by atoms with E-state index in [-0.39, 0.29) is 5.91 Å². The molecule has 1 fully saturated rings. The number of amides is 1. The van der Waals surface area contributed by atoms with E-state index in [1.165, 1.54) is 6.08 Å². The maximum Gasteiger partial charge on any atom is 0.246 e. The van der Waals surface area contributed by atoms with Gasteiger partial charge in [-0.05, 0) is 31.1 Å². The molecule has 1 amide bonds. The van der Waals surface area contributed by atoms with E-state index in [2.05, 4.69) is 4.98 Å². The number of fused-ring (bicyclic) bond motifs is 1. The van der Waals surface area contributed by atoms with Gasteiger partial charge in [0.1, 0.15) is 0 Å². The van der Waals surface area contributed by atoms with E-state index in [0.717, 1.165) is 42.3 Å². The lowest BCUT2D eigenvalue weighted by molar-refractivity contribution is -0.127. The normalized spacial score (nSPS) is 17.0. The van der Waals surface area contributed by atoms with Gasteiger partial charge < -0.3 is 10.0 Å². The molecule has 0 bridgehead atoms. The van der Waals surface area contributed by atoms with Crippen LogP contribution in [0.15, 0.2) is 42.5 Å². The zero-order chi connectivity index (χ0) is 16.3. The van der Waals surface area contributed by atoms with Crippen LogP contribution in [0, 0.1) is 0 Å². The molecule has 0 atom stereocenters. The van der Waals surface area contributed by atoms with Gasteiger partial charge in [-0.25, -0.2) is 4.98 Å². The third-order valence-electron chi connectivity index (χ3n) is 4.46. The van der Waals surface area contributed by atoms with E-state index in [1.807, 2.05) is 36.4 Å². The van der Waals surface area contributed by atoms with Gasteiger partial charge in [-0.1, -0.05) is 37.1 Å². The van der Waals surface area contributed by atoms with Gasteiger partial charge >= 0.3 is 0 Å². The van der Waals surface area contributed by atoms with Gasteiger partial charge in [-0.15, -0.1) is 0 Å². The highest BCUT2D eigenvalue weighted by molar-refractivity contribution is 5.91. The molecule has 4 nitrogen and oxygen atoms in total. The Morgan fingerprint density at radius 3 is 2.78 bits per heavy atom. The third-order valence-corrected chi connectivity index (χ3v) is 4.46. The molecule has 0 aliphatic heterocycles. The number of pyridine rings is 1. The van der Waals surface area contributed by atoms with E-state index in [4.69, 9.17) is 0 Å². The van der Waals surface area contributed by atoms with Crippen LogP contribution in [-0.2, 0) is 4.79 Å². The number of hydrogen-bond donors (Lipinski definition) is 1. The number of benzene rings is 1. The van der Waals surface area contributed by atoms with Gasteiger partial charge in [0.25, 0.3) is 0 Å². The highest BCUT2D eigenvalue weighted by atomic mass is 16.3. The van der Waals surface area contributed by atoms with Crippen LogP contribution in [0.1, 0.15) is 31.4 Å². The first kappa shape index (κ1) is 15.7. The average Bonchev–Trinajstić information content (AvgIpc) is 2.98. The van der Waals surface area contributed by atoms with Crippen molar-refractivity contribution in [1.29, 1.82) is 0 Å². The van der Waals surface area contributed by atoms with Crippen molar-refractivity contribution in [2.75, 3.05) is 13.6 Å². The Morgan fingerprint density at radius 1 is 1.26 bits per heavy atom. The first-order valence-electron chi connectivity index (χ1n) is 8.07. The summed E-state index contributed by atoms with van der Waals surface area (Å²) in [6, 6.07) is 11.8. The Bertz CT molecular complexity index is 733. The van der Waals surface area contributed by atoms with E-state index < -0.39 is 5.60 Å². The molecule has 0 saturated heterocycles. The minimum absolute atomic E-state index is 0.111. The Labute approximate surface area is 136 Å². The Kier molecular flexibility index (Phi) is 4.44. The molecule has 1 aliphatic carbocycles. The summed E-state index contributed by atoms with van der Waals surface area (Å²) in [4.78, 5) is 18.3. The molecule has 1 aromatic carbocycles. The summed E-state index contributed by atoms with van der Waals surface area (Å²) in [5.41, 5.74) is 0.958. The number of aromatic nitrogens is 1. The predicted molar refractivity (Wildman–Crippen MR) is 91.8 cm³/mol. The third kappa shape index (κ3) is 3.77. The molecular weight excluding hydrogens is 288 g/mol. The van der Waals surface area contributed by atoms with Crippen LogP contribution in [0.3, 0.4) is 0 Å². The summed E-state index contributed by atoms with van der Waals surface area (Å²) in [6.07, 6.45) is 6.88. The molecular formula is C19H22N2O2. The van der Waals surface area contributed by atoms with Crippen LogP contribution in [-0.4, -0.2) is 40.1 Å². The van der Waals surface area contributed by atoms with Crippen molar-refractivity contribution in [2.24, 2.45) is 0 Å². The second kappa shape index (κ2) is 6.50. The second-order valence-electron chi connectivity index (χ2n) is 6.39. The molecule has 120 valence electrons. The number of para-hydroxylation sites is 1. The highest BCUT2D eigenvalue weighted by Gasteiger charge is 2.32. The summed E-state index contributed by atoms with van der Waals surface area (Å²) in [6.45, 7) is 0.390. The highest BCUT2D eigenvalue weighted by Crippen LogP contribution is 2.29. The fourth-order valence-electron chi connectivity index (χ4n) is 3.17. The number of likely N-dealkylation sites (N-methyl/N-ethyl adjacent to an activating group) is 1. The minimum Gasteiger partial charge on any atom is -0.388 e. The van der Waals surface area contributed by atoms with Crippen molar-refractivity contribution >= 4 is 22.9 Å². The molecule has 23 heavy (non-hydrogen) atoms. The topological polar surface area (TPSA) is 53.4 Å². The van der Waals surface area contributed by atoms with Crippen LogP contribution < -0.4 is 0 Å². The molecule has 0 radical (unpaired) electrons. The van der Waals surface area contributed by atoms with Gasteiger partial charge in [-0.3, -0.25) is 4.79 Å². The standard InChI is InChI=1S/C19H22N2O2/c1-21(14-19(23)12-4-5-13-19)18(22)11-10-16-9-8-15-6-2-3-7-17(15)20-16/h2-3,6-11,23H,4-5,12-14H2,1H3/b11-10+. The van der Waals surface area contributed by atoms with E-state index in [9.17, 15) is 9.90 Å². The van der Waals surface area contributed by atoms with Crippen molar-refractivity contribution < 1.29 is 9.90 Å². The summed E-state index contributed by atoms with van der Waals surface area (Å²) in [5.74, 6) is -0.111. The molecule has 1 heterocycles. The van der Waals surface area contributed by atoms with Gasteiger partial charge in [0.05, 0.1) is 16.8 Å².